The van der Waals surface area contributed by atoms with Crippen molar-refractivity contribution in [2.45, 2.75) is 96.1 Å². The van der Waals surface area contributed by atoms with Gasteiger partial charge in [-0.3, -0.25) is 24.5 Å². The normalized spacial score (nSPS) is 26.2. The fourth-order valence-corrected chi connectivity index (χ4v) is 9.91. The van der Waals surface area contributed by atoms with E-state index in [-0.39, 0.29) is 41.5 Å². The first-order chi connectivity index (χ1) is 27.0. The number of aryl methyl sites for hydroxylation is 1. The molecular weight excluding hydrogens is 719 g/mol. The second-order valence-electron chi connectivity index (χ2n) is 17.1. The summed E-state index contributed by atoms with van der Waals surface area (Å²) in [6, 6.07) is 5.16. The molecule has 4 saturated heterocycles. The number of likely N-dealkylation sites (tertiary alicyclic amines) is 3. The van der Waals surface area contributed by atoms with Crippen LogP contribution < -0.4 is 15.1 Å². The lowest BCUT2D eigenvalue weighted by molar-refractivity contribution is -0.120. The summed E-state index contributed by atoms with van der Waals surface area (Å²) >= 11 is 0. The van der Waals surface area contributed by atoms with Crippen molar-refractivity contribution in [1.29, 1.82) is 0 Å². The van der Waals surface area contributed by atoms with Crippen LogP contribution in [0.5, 0.6) is 0 Å². The third-order valence-corrected chi connectivity index (χ3v) is 13.4. The maximum Gasteiger partial charge on any atom is 0.328 e. The monoisotopic (exact) mass is 774 g/mol. The zero-order chi connectivity index (χ0) is 39.0. The zero-order valence-corrected chi connectivity index (χ0v) is 32.6. The predicted octanol–water partition coefficient (Wildman–Crippen LogP) is 6.00. The number of nitrogens with one attached hydrogen (secondary N) is 1. The number of amides is 4. The first-order valence-corrected chi connectivity index (χ1v) is 20.7. The number of aliphatic hydroxyl groups excluding tert-OH is 1. The highest BCUT2D eigenvalue weighted by Gasteiger charge is 2.40. The van der Waals surface area contributed by atoms with Gasteiger partial charge in [-0.05, 0) is 119 Å². The summed E-state index contributed by atoms with van der Waals surface area (Å²) < 4.78 is 30.4. The van der Waals surface area contributed by atoms with Gasteiger partial charge >= 0.3 is 6.03 Å². The Morgan fingerprint density at radius 2 is 1.73 bits per heavy atom. The molecule has 14 heteroatoms. The summed E-state index contributed by atoms with van der Waals surface area (Å²) in [6.07, 6.45) is 14.9. The van der Waals surface area contributed by atoms with E-state index >= 15 is 0 Å². The first-order valence-electron chi connectivity index (χ1n) is 20.7. The van der Waals surface area contributed by atoms with Gasteiger partial charge in [0.25, 0.3) is 12.3 Å². The molecule has 1 aliphatic carbocycles. The van der Waals surface area contributed by atoms with Gasteiger partial charge < -0.3 is 24.7 Å². The molecule has 12 nitrogen and oxygen atoms in total. The number of rotatable bonds is 8. The van der Waals surface area contributed by atoms with E-state index in [1.54, 1.807) is 15.6 Å². The number of nitrogens with zero attached hydrogens (tertiary/aromatic N) is 7. The van der Waals surface area contributed by atoms with Crippen LogP contribution in [-0.2, 0) is 4.79 Å². The van der Waals surface area contributed by atoms with Crippen LogP contribution in [0, 0.1) is 18.3 Å². The van der Waals surface area contributed by atoms with Gasteiger partial charge in [0.2, 0.25) is 5.91 Å². The van der Waals surface area contributed by atoms with E-state index < -0.39 is 12.5 Å². The number of carbonyl (C=O) groups is 3. The van der Waals surface area contributed by atoms with Crippen LogP contribution in [-0.4, -0.2) is 112 Å². The number of imide groups is 1. The number of alkyl halides is 2. The lowest BCUT2D eigenvalue weighted by Crippen LogP contribution is -2.50. The number of halogens is 2. The molecule has 5 fully saturated rings. The van der Waals surface area contributed by atoms with Crippen LogP contribution >= 0.6 is 0 Å². The molecule has 8 rings (SSSR count). The van der Waals surface area contributed by atoms with E-state index in [1.807, 2.05) is 53.4 Å². The van der Waals surface area contributed by atoms with E-state index in [0.717, 1.165) is 115 Å². The molecule has 1 saturated carbocycles. The number of piperidine rings is 3. The van der Waals surface area contributed by atoms with E-state index in [1.165, 1.54) is 0 Å². The van der Waals surface area contributed by atoms with Crippen molar-refractivity contribution in [3.05, 3.63) is 65.3 Å². The molecule has 6 aliphatic rings. The van der Waals surface area contributed by atoms with Crippen LogP contribution in [0.1, 0.15) is 105 Å². The second kappa shape index (κ2) is 16.3. The van der Waals surface area contributed by atoms with E-state index in [9.17, 15) is 28.3 Å². The fraction of sp³-hybridized carbons (Fsp3) is 0.619. The Kier molecular flexibility index (Phi) is 11.2. The maximum absolute atomic E-state index is 14.3. The van der Waals surface area contributed by atoms with Crippen molar-refractivity contribution < 1.29 is 28.3 Å². The van der Waals surface area contributed by atoms with Gasteiger partial charge in [0, 0.05) is 75.9 Å². The Morgan fingerprint density at radius 1 is 0.982 bits per heavy atom. The molecule has 1 atom stereocenters. The number of aliphatic hydroxyl groups is 1. The summed E-state index contributed by atoms with van der Waals surface area (Å²) in [4.78, 5) is 47.9. The molecule has 0 unspecified atom stereocenters. The largest absolute Gasteiger partial charge is 0.391 e. The Labute approximate surface area is 328 Å². The first kappa shape index (κ1) is 38.6. The topological polar surface area (TPSA) is 117 Å². The molecule has 6 heterocycles. The standard InChI is InChI=1S/C42H56F2N8O4/c1-29-6-9-31(24-35(29)51-19-12-37(54)45-41(51)56)40(55)48-22-15-42(16-23-48)13-20-47(21-14-42)25-30-7-10-32(11-8-30)52-28-36(38(46-52)39(43)44)50-18-2-4-33(26-50)49-17-3-5-34(53)27-49/h2,4,6,9,24,26,28,30,32,34,39,53H,3,5,7-8,10-23,25,27H2,1H3,(H,45,54,56)/t30?,32?,34-/m0/s1. The maximum atomic E-state index is 14.3. The van der Waals surface area contributed by atoms with Crippen LogP contribution in [0.25, 0.3) is 0 Å². The lowest BCUT2D eigenvalue weighted by atomic mass is 9.71. The number of allylic oxidation sites excluding steroid dienone is 1. The van der Waals surface area contributed by atoms with Gasteiger partial charge in [0.15, 0.2) is 5.69 Å². The average Bonchev–Trinajstić information content (AvgIpc) is 3.66. The second-order valence-corrected chi connectivity index (χ2v) is 17.1. The third-order valence-electron chi connectivity index (χ3n) is 13.4. The lowest BCUT2D eigenvalue weighted by Gasteiger charge is -2.47. The average molecular weight is 775 g/mol. The highest BCUT2D eigenvalue weighted by Crippen LogP contribution is 2.43. The number of hydrogen-bond donors (Lipinski definition) is 2. The Morgan fingerprint density at radius 3 is 2.45 bits per heavy atom. The Bertz CT molecular complexity index is 1840. The summed E-state index contributed by atoms with van der Waals surface area (Å²) in [5.41, 5.74) is 3.61. The van der Waals surface area contributed by atoms with Crippen molar-refractivity contribution >= 4 is 29.2 Å². The van der Waals surface area contributed by atoms with Crippen molar-refractivity contribution in [3.8, 4) is 0 Å². The molecule has 2 aromatic rings. The minimum atomic E-state index is -2.66. The number of aromatic nitrogens is 2. The van der Waals surface area contributed by atoms with Crippen molar-refractivity contribution in [1.82, 2.24) is 29.8 Å². The quantitative estimate of drug-likeness (QED) is 0.336. The number of anilines is 2. The summed E-state index contributed by atoms with van der Waals surface area (Å²) in [5, 5.41) is 17.0. The molecule has 302 valence electrons. The molecule has 1 aromatic carbocycles. The van der Waals surface area contributed by atoms with E-state index in [0.29, 0.717) is 42.5 Å². The highest BCUT2D eigenvalue weighted by molar-refractivity contribution is 6.06. The number of urea groups is 1. The van der Waals surface area contributed by atoms with Crippen LogP contribution in [0.4, 0.5) is 25.0 Å². The van der Waals surface area contributed by atoms with Gasteiger partial charge in [0.05, 0.1) is 23.5 Å². The van der Waals surface area contributed by atoms with Crippen molar-refractivity contribution in [2.75, 3.05) is 68.7 Å². The molecule has 1 aromatic heterocycles. The highest BCUT2D eigenvalue weighted by atomic mass is 19.3. The molecule has 0 bridgehead atoms. The Balaban J connectivity index is 0.806. The molecule has 0 radical (unpaired) electrons. The molecular formula is C42H56F2N8O4. The van der Waals surface area contributed by atoms with Crippen molar-refractivity contribution in [3.63, 3.8) is 0 Å². The minimum Gasteiger partial charge on any atom is -0.391 e. The van der Waals surface area contributed by atoms with E-state index in [4.69, 9.17) is 0 Å². The van der Waals surface area contributed by atoms with Gasteiger partial charge in [-0.15, -0.1) is 0 Å². The number of benzene rings is 1. The van der Waals surface area contributed by atoms with Crippen LogP contribution in [0.2, 0.25) is 0 Å². The molecule has 5 aliphatic heterocycles. The minimum absolute atomic E-state index is 0.0107. The third kappa shape index (κ3) is 8.23. The number of β-amino-alcohol motifs (C(OH)–C–C–N with tert-alkyl or cyclic N) is 1. The van der Waals surface area contributed by atoms with Crippen LogP contribution in [0.15, 0.2) is 48.4 Å². The predicted molar refractivity (Wildman–Crippen MR) is 209 cm³/mol. The van der Waals surface area contributed by atoms with Gasteiger partial charge in [-0.2, -0.15) is 5.10 Å². The SMILES string of the molecule is Cc1ccc(C(=O)N2CCC3(CCN(CC4CCC(n5cc(N6C=C(N7CCC[C@H](O)C7)C=CC6)c(C(F)F)n5)CC4)CC3)CC2)cc1N1CCC(=O)NC1=O. The Hall–Kier alpha value is -4.30. The van der Waals surface area contributed by atoms with Gasteiger partial charge in [-0.1, -0.05) is 12.1 Å². The van der Waals surface area contributed by atoms with E-state index in [2.05, 4.69) is 20.2 Å². The molecule has 2 N–H and O–H groups in total. The van der Waals surface area contributed by atoms with Crippen LogP contribution in [0.3, 0.4) is 0 Å². The van der Waals surface area contributed by atoms with Gasteiger partial charge in [-0.25, -0.2) is 13.6 Å². The van der Waals surface area contributed by atoms with Crippen molar-refractivity contribution in [2.24, 2.45) is 11.3 Å². The summed E-state index contributed by atoms with van der Waals surface area (Å²) in [7, 11) is 0. The molecule has 56 heavy (non-hydrogen) atoms. The fourth-order valence-electron chi connectivity index (χ4n) is 9.91. The summed E-state index contributed by atoms with van der Waals surface area (Å²) in [5.74, 6) is 0.290. The molecule has 1 spiro atoms. The summed E-state index contributed by atoms with van der Waals surface area (Å²) in [6.45, 7) is 8.75. The van der Waals surface area contributed by atoms with Gasteiger partial charge in [0.1, 0.15) is 0 Å². The number of carbonyl (C=O) groups excluding carboxylic acids is 3. The smallest absolute Gasteiger partial charge is 0.328 e. The number of hydrogen-bond acceptors (Lipinski definition) is 8. The zero-order valence-electron chi connectivity index (χ0n) is 32.6. The molecule has 4 amide bonds.